The molecule has 38 heavy (non-hydrogen) atoms. The summed E-state index contributed by atoms with van der Waals surface area (Å²) in [5.41, 5.74) is 0.750. The molecule has 2 fully saturated rings. The standard InChI is InChI=1S/C28H35N3O6S/c1-4-37-22-13-11-20(12-14-22)25-24(27(33)28(34)31(25)18-17-29(2)3)26(32)21-9-8-10-23(19-21)38(35,36)30-15-6-5-7-16-30/h8-14,19,25,32H,4-7,15-18H2,1-3H3/b26-24-. The number of carbonyl (C=O) groups is 2. The molecule has 4 rings (SSSR count). The number of amides is 1. The first-order chi connectivity index (χ1) is 18.1. The van der Waals surface area contributed by atoms with Crippen LogP contribution in [0.3, 0.4) is 0 Å². The molecular weight excluding hydrogens is 506 g/mol. The number of likely N-dealkylation sites (tertiary alicyclic amines) is 1. The van der Waals surface area contributed by atoms with Gasteiger partial charge in [0.1, 0.15) is 11.5 Å². The molecular formula is C28H35N3O6S. The van der Waals surface area contributed by atoms with Gasteiger partial charge in [-0.25, -0.2) is 8.42 Å². The van der Waals surface area contributed by atoms with E-state index in [9.17, 15) is 23.1 Å². The Hall–Kier alpha value is -3.21. The van der Waals surface area contributed by atoms with E-state index in [0.717, 1.165) is 19.3 Å². The molecule has 0 bridgehead atoms. The summed E-state index contributed by atoms with van der Waals surface area (Å²) in [6.07, 6.45) is 2.60. The van der Waals surface area contributed by atoms with Crippen LogP contribution in [0.15, 0.2) is 59.0 Å². The van der Waals surface area contributed by atoms with Crippen molar-refractivity contribution in [2.75, 3.05) is 46.9 Å². The molecule has 10 heteroatoms. The average molecular weight is 542 g/mol. The lowest BCUT2D eigenvalue weighted by molar-refractivity contribution is -0.140. The van der Waals surface area contributed by atoms with Crippen molar-refractivity contribution in [2.45, 2.75) is 37.1 Å². The van der Waals surface area contributed by atoms with Crippen LogP contribution in [-0.4, -0.2) is 86.2 Å². The van der Waals surface area contributed by atoms with Crippen molar-refractivity contribution in [3.05, 3.63) is 65.2 Å². The van der Waals surface area contributed by atoms with Gasteiger partial charge >= 0.3 is 0 Å². The van der Waals surface area contributed by atoms with Gasteiger partial charge in [-0.05, 0) is 63.7 Å². The van der Waals surface area contributed by atoms with Crippen molar-refractivity contribution in [3.8, 4) is 5.75 Å². The van der Waals surface area contributed by atoms with E-state index in [1.165, 1.54) is 21.3 Å². The zero-order valence-electron chi connectivity index (χ0n) is 22.1. The van der Waals surface area contributed by atoms with Gasteiger partial charge in [-0.1, -0.05) is 30.7 Å². The third-order valence-electron chi connectivity index (χ3n) is 6.90. The lowest BCUT2D eigenvalue weighted by atomic mass is 9.95. The Kier molecular flexibility index (Phi) is 8.54. The van der Waals surface area contributed by atoms with E-state index in [4.69, 9.17) is 4.74 Å². The number of likely N-dealkylation sites (N-methyl/N-ethyl adjacent to an activating group) is 1. The molecule has 0 radical (unpaired) electrons. The number of hydrogen-bond donors (Lipinski definition) is 1. The first kappa shape index (κ1) is 27.8. The summed E-state index contributed by atoms with van der Waals surface area (Å²) >= 11 is 0. The Labute approximate surface area is 224 Å². The van der Waals surface area contributed by atoms with Gasteiger partial charge in [0.15, 0.2) is 0 Å². The van der Waals surface area contributed by atoms with E-state index < -0.39 is 33.5 Å². The van der Waals surface area contributed by atoms with E-state index >= 15 is 0 Å². The third-order valence-corrected chi connectivity index (χ3v) is 8.79. The number of carbonyl (C=O) groups excluding carboxylic acids is 2. The fraction of sp³-hybridized carbons (Fsp3) is 0.429. The van der Waals surface area contributed by atoms with Crippen LogP contribution in [0.4, 0.5) is 0 Å². The van der Waals surface area contributed by atoms with Crippen LogP contribution in [-0.2, 0) is 19.6 Å². The van der Waals surface area contributed by atoms with Crippen LogP contribution in [0.5, 0.6) is 5.75 Å². The minimum atomic E-state index is -3.75. The van der Waals surface area contributed by atoms with Crippen molar-refractivity contribution in [2.24, 2.45) is 0 Å². The Morgan fingerprint density at radius 3 is 2.37 bits per heavy atom. The van der Waals surface area contributed by atoms with Crippen LogP contribution in [0.2, 0.25) is 0 Å². The van der Waals surface area contributed by atoms with Gasteiger partial charge in [0.2, 0.25) is 10.0 Å². The molecule has 0 aromatic heterocycles. The molecule has 1 amide bonds. The zero-order chi connectivity index (χ0) is 27.4. The van der Waals surface area contributed by atoms with Crippen molar-refractivity contribution in [3.63, 3.8) is 0 Å². The Balaban J connectivity index is 1.78. The van der Waals surface area contributed by atoms with Gasteiger partial charge < -0.3 is 19.6 Å². The number of benzene rings is 2. The second-order valence-corrected chi connectivity index (χ2v) is 11.7. The minimum absolute atomic E-state index is 0.0444. The predicted molar refractivity (Wildman–Crippen MR) is 144 cm³/mol. The van der Waals surface area contributed by atoms with Gasteiger partial charge in [0.05, 0.1) is 23.1 Å². The van der Waals surface area contributed by atoms with Crippen LogP contribution in [0, 0.1) is 0 Å². The first-order valence-electron chi connectivity index (χ1n) is 12.9. The van der Waals surface area contributed by atoms with E-state index in [-0.39, 0.29) is 22.6 Å². The molecule has 2 aromatic carbocycles. The average Bonchev–Trinajstić information content (AvgIpc) is 3.17. The number of hydrogen-bond acceptors (Lipinski definition) is 7. The molecule has 2 heterocycles. The second kappa shape index (κ2) is 11.7. The minimum Gasteiger partial charge on any atom is -0.507 e. The quantitative estimate of drug-likeness (QED) is 0.295. The number of aliphatic hydroxyl groups is 1. The van der Waals surface area contributed by atoms with Crippen LogP contribution in [0.1, 0.15) is 43.4 Å². The molecule has 9 nitrogen and oxygen atoms in total. The zero-order valence-corrected chi connectivity index (χ0v) is 22.9. The van der Waals surface area contributed by atoms with Gasteiger partial charge in [-0.2, -0.15) is 4.31 Å². The van der Waals surface area contributed by atoms with E-state index in [2.05, 4.69) is 0 Å². The predicted octanol–water partition coefficient (Wildman–Crippen LogP) is 3.24. The molecule has 1 atom stereocenters. The summed E-state index contributed by atoms with van der Waals surface area (Å²) in [5.74, 6) is -1.25. The van der Waals surface area contributed by atoms with Gasteiger partial charge in [-0.15, -0.1) is 0 Å². The van der Waals surface area contributed by atoms with Gasteiger partial charge in [0, 0.05) is 31.7 Å². The fourth-order valence-electron chi connectivity index (χ4n) is 4.89. The van der Waals surface area contributed by atoms with Gasteiger partial charge in [-0.3, -0.25) is 9.59 Å². The molecule has 0 spiro atoms. The van der Waals surface area contributed by atoms with E-state index in [1.807, 2.05) is 25.9 Å². The SMILES string of the molecule is CCOc1ccc(C2/C(=C(/O)c3cccc(S(=O)(=O)N4CCCCC4)c3)C(=O)C(=O)N2CCN(C)C)cc1. The van der Waals surface area contributed by atoms with Crippen LogP contribution >= 0.6 is 0 Å². The second-order valence-electron chi connectivity index (χ2n) is 9.79. The van der Waals surface area contributed by atoms with E-state index in [1.54, 1.807) is 36.4 Å². The fourth-order valence-corrected chi connectivity index (χ4v) is 6.46. The normalized spacial score (nSPS) is 20.3. The molecule has 2 aliphatic heterocycles. The smallest absolute Gasteiger partial charge is 0.295 e. The molecule has 2 aromatic rings. The molecule has 0 aliphatic carbocycles. The van der Waals surface area contributed by atoms with E-state index in [0.29, 0.717) is 37.6 Å². The number of ketones is 1. The summed E-state index contributed by atoms with van der Waals surface area (Å²) in [5, 5.41) is 11.4. The molecule has 204 valence electrons. The maximum atomic E-state index is 13.3. The van der Waals surface area contributed by atoms with Crippen LogP contribution < -0.4 is 4.74 Å². The first-order valence-corrected chi connectivity index (χ1v) is 14.4. The van der Waals surface area contributed by atoms with Crippen molar-refractivity contribution >= 4 is 27.5 Å². The highest BCUT2D eigenvalue weighted by Crippen LogP contribution is 2.40. The lowest BCUT2D eigenvalue weighted by Crippen LogP contribution is -2.35. The maximum absolute atomic E-state index is 13.3. The number of rotatable bonds is 9. The highest BCUT2D eigenvalue weighted by molar-refractivity contribution is 7.89. The van der Waals surface area contributed by atoms with Gasteiger partial charge in [0.25, 0.3) is 11.7 Å². The number of sulfonamides is 1. The summed E-state index contributed by atoms with van der Waals surface area (Å²) in [4.78, 5) is 29.8. The topological polar surface area (TPSA) is 107 Å². The lowest BCUT2D eigenvalue weighted by Gasteiger charge is -2.27. The number of nitrogens with zero attached hydrogens (tertiary/aromatic N) is 3. The molecule has 1 N–H and O–H groups in total. The Morgan fingerprint density at radius 2 is 1.74 bits per heavy atom. The summed E-state index contributed by atoms with van der Waals surface area (Å²) in [6.45, 7) is 4.07. The highest BCUT2D eigenvalue weighted by Gasteiger charge is 2.46. The van der Waals surface area contributed by atoms with Crippen LogP contribution in [0.25, 0.3) is 5.76 Å². The van der Waals surface area contributed by atoms with Crippen molar-refractivity contribution < 1.29 is 27.9 Å². The monoisotopic (exact) mass is 541 g/mol. The van der Waals surface area contributed by atoms with Crippen molar-refractivity contribution in [1.82, 2.24) is 14.1 Å². The molecule has 2 saturated heterocycles. The number of Topliss-reactive ketones (excluding diaryl/α,β-unsaturated/α-hetero) is 1. The molecule has 0 saturated carbocycles. The summed E-state index contributed by atoms with van der Waals surface area (Å²) in [7, 11) is -0.00924. The third kappa shape index (κ3) is 5.62. The number of ether oxygens (including phenoxy) is 1. The molecule has 1 unspecified atom stereocenters. The summed E-state index contributed by atoms with van der Waals surface area (Å²) in [6, 6.07) is 12.2. The summed E-state index contributed by atoms with van der Waals surface area (Å²) < 4.78 is 33.5. The highest BCUT2D eigenvalue weighted by atomic mass is 32.2. The Bertz CT molecular complexity index is 1310. The number of piperidine rings is 1. The largest absolute Gasteiger partial charge is 0.507 e. The number of aliphatic hydroxyl groups excluding tert-OH is 1. The van der Waals surface area contributed by atoms with Crippen molar-refractivity contribution in [1.29, 1.82) is 0 Å². The molecule has 2 aliphatic rings. The maximum Gasteiger partial charge on any atom is 0.295 e. The Morgan fingerprint density at radius 1 is 1.05 bits per heavy atom.